The monoisotopic (exact) mass is 539 g/mol. The summed E-state index contributed by atoms with van der Waals surface area (Å²) in [7, 11) is -12.9. The molecule has 3 aromatic rings. The molecule has 0 saturated heterocycles. The van der Waals surface area contributed by atoms with Gasteiger partial charge in [-0.1, -0.05) is 11.3 Å². The number of hydrogen-bond acceptors (Lipinski definition) is 11. The van der Waals surface area contributed by atoms with E-state index in [4.69, 9.17) is 23.8 Å². The number of rotatable bonds is 5. The van der Waals surface area contributed by atoms with Gasteiger partial charge in [0.25, 0.3) is 20.0 Å². The Morgan fingerprint density at radius 1 is 0.939 bits per heavy atom. The van der Waals surface area contributed by atoms with Crippen molar-refractivity contribution >= 4 is 36.5 Å². The Hall–Kier alpha value is -2.28. The lowest BCUT2D eigenvalue weighted by Gasteiger charge is -2.17. The Morgan fingerprint density at radius 3 is 1.85 bits per heavy atom. The van der Waals surface area contributed by atoms with Crippen molar-refractivity contribution in [2.45, 2.75) is 30.0 Å². The number of aryl methyl sites for hydroxylation is 3. The zero-order chi connectivity index (χ0) is 25.2. The Morgan fingerprint density at radius 2 is 1.42 bits per heavy atom. The van der Waals surface area contributed by atoms with Crippen molar-refractivity contribution in [3.63, 3.8) is 0 Å². The van der Waals surface area contributed by atoms with E-state index in [-0.39, 0.29) is 10.0 Å². The van der Waals surface area contributed by atoms with Crippen LogP contribution < -0.4 is 33.1 Å². The van der Waals surface area contributed by atoms with E-state index in [2.05, 4.69) is 14.9 Å². The largest absolute Gasteiger partial charge is 0.267 e. The molecule has 0 saturated carbocycles. The molecule has 0 amide bonds. The van der Waals surface area contributed by atoms with Gasteiger partial charge in [-0.15, -0.1) is 20.4 Å². The van der Waals surface area contributed by atoms with Gasteiger partial charge in [0.2, 0.25) is 15.2 Å². The molecule has 13 nitrogen and oxygen atoms in total. The Kier molecular flexibility index (Phi) is 8.10. The van der Waals surface area contributed by atoms with Gasteiger partial charge in [0.05, 0.1) is 4.90 Å². The van der Waals surface area contributed by atoms with Gasteiger partial charge in [-0.05, 0) is 24.6 Å². The van der Waals surface area contributed by atoms with Crippen LogP contribution >= 0.6 is 11.3 Å². The fourth-order valence-corrected chi connectivity index (χ4v) is 5.39. The molecule has 0 fully saturated rings. The van der Waals surface area contributed by atoms with Gasteiger partial charge in [-0.3, -0.25) is 4.72 Å². The number of primary sulfonamides is 1. The molecule has 0 aliphatic heterocycles. The number of nitrogens with one attached hydrogen (secondary N) is 1. The van der Waals surface area contributed by atoms with Crippen molar-refractivity contribution in [3.05, 3.63) is 53.3 Å². The first kappa shape index (κ1) is 27.0. The lowest BCUT2D eigenvalue weighted by atomic mass is 10.2. The van der Waals surface area contributed by atoms with Gasteiger partial charge in [-0.25, -0.2) is 40.6 Å². The molecule has 2 heterocycles. The maximum absolute atomic E-state index is 12.5. The summed E-state index contributed by atoms with van der Waals surface area (Å²) in [5.41, 5.74) is 4.01. The first-order valence-corrected chi connectivity index (χ1v) is 13.7. The molecule has 0 radical (unpaired) electrons. The number of nitrogens with two attached hydrogens (primary N) is 1. The minimum absolute atomic E-state index is 0.00613. The average molecular weight is 540 g/mol. The summed E-state index contributed by atoms with van der Waals surface area (Å²) >= 11 is 0.537. The molecule has 0 bridgehead atoms. The molecule has 180 valence electrons. The quantitative estimate of drug-likeness (QED) is 0.303. The molecule has 0 atom stereocenters. The van der Waals surface area contributed by atoms with Crippen LogP contribution in [0.4, 0.5) is 5.13 Å². The molecule has 3 rings (SSSR count). The Labute approximate surface area is 195 Å². The molecule has 17 heteroatoms. The fraction of sp³-hybridized carbons (Fsp3) is 0.188. The second kappa shape index (κ2) is 9.92. The lowest BCUT2D eigenvalue weighted by Crippen LogP contribution is -2.68. The van der Waals surface area contributed by atoms with Gasteiger partial charge in [0.15, 0.2) is 11.4 Å². The first-order valence-electron chi connectivity index (χ1n) is 8.58. The predicted octanol–water partition coefficient (Wildman–Crippen LogP) is -3.57. The van der Waals surface area contributed by atoms with E-state index in [1.807, 2.05) is 37.5 Å². The fourth-order valence-electron chi connectivity index (χ4n) is 2.83. The molecule has 1 aromatic carbocycles. The van der Waals surface area contributed by atoms with Crippen molar-refractivity contribution in [3.8, 4) is 5.69 Å². The second-order valence-corrected chi connectivity index (χ2v) is 11.7. The minimum atomic E-state index is -4.94. The topological polar surface area (TPSA) is 228 Å². The van der Waals surface area contributed by atoms with Crippen molar-refractivity contribution in [2.24, 2.45) is 5.14 Å². The molecular formula is C16H18ClN5O8S3. The number of hydrogen-bond donors (Lipinski definition) is 2. The van der Waals surface area contributed by atoms with Crippen molar-refractivity contribution in [2.75, 3.05) is 4.72 Å². The summed E-state index contributed by atoms with van der Waals surface area (Å²) in [4.78, 5) is 0.00613. The molecule has 2 aromatic heterocycles. The average Bonchev–Trinajstić information content (AvgIpc) is 3.08. The normalized spacial score (nSPS) is 12.1. The highest BCUT2D eigenvalue weighted by Crippen LogP contribution is 2.22. The van der Waals surface area contributed by atoms with Crippen molar-refractivity contribution in [1.82, 2.24) is 10.2 Å². The summed E-state index contributed by atoms with van der Waals surface area (Å²) in [6, 6.07) is 10.4. The highest BCUT2D eigenvalue weighted by molar-refractivity contribution is 7.93. The summed E-state index contributed by atoms with van der Waals surface area (Å²) in [6.07, 6.45) is 0. The number of pyridine rings is 1. The van der Waals surface area contributed by atoms with Crippen LogP contribution in [-0.4, -0.2) is 27.0 Å². The molecule has 0 spiro atoms. The third-order valence-corrected chi connectivity index (χ3v) is 7.49. The van der Waals surface area contributed by atoms with E-state index in [1.54, 1.807) is 12.1 Å². The molecule has 0 aliphatic carbocycles. The Balaban J connectivity index is 0.000000696. The number of benzene rings is 1. The number of anilines is 1. The van der Waals surface area contributed by atoms with Gasteiger partial charge in [0, 0.05) is 38.1 Å². The van der Waals surface area contributed by atoms with Gasteiger partial charge in [-0.2, -0.15) is 4.57 Å². The Bertz CT molecular complexity index is 1320. The van der Waals surface area contributed by atoms with E-state index in [0.29, 0.717) is 11.3 Å². The number of sulfonamides is 2. The smallest absolute Gasteiger partial charge is 0.253 e. The summed E-state index contributed by atoms with van der Waals surface area (Å²) < 4.78 is 85.2. The van der Waals surface area contributed by atoms with Gasteiger partial charge < -0.3 is 0 Å². The number of halogens is 1. The zero-order valence-corrected chi connectivity index (χ0v) is 20.5. The van der Waals surface area contributed by atoms with Gasteiger partial charge >= 0.3 is 0 Å². The van der Waals surface area contributed by atoms with E-state index >= 15 is 0 Å². The standard InChI is InChI=1S/C16H18N5O4S3.ClHO4/c1-10-8-11(2)21(12(3)9-10)13-4-6-14(7-5-13)28(24,25)20-15-18-19-16(26-15)27(17,22)23;2-1(3,4)5/h4-9H,1-3H3,(H,18,20)(H2,17,22,23);(H,2,3,4,5)/q+1;/p-1. The minimum Gasteiger partial charge on any atom is -0.253 e. The highest BCUT2D eigenvalue weighted by atomic mass is 35.7. The third kappa shape index (κ3) is 7.91. The van der Waals surface area contributed by atoms with Gasteiger partial charge in [0.1, 0.15) is 0 Å². The molecule has 33 heavy (non-hydrogen) atoms. The zero-order valence-electron chi connectivity index (χ0n) is 17.3. The predicted molar refractivity (Wildman–Crippen MR) is 104 cm³/mol. The summed E-state index contributed by atoms with van der Waals surface area (Å²) in [5, 5.41) is 11.6. The molecular weight excluding hydrogens is 522 g/mol. The molecule has 0 unspecified atom stereocenters. The van der Waals surface area contributed by atoms with Crippen molar-refractivity contribution < 1.29 is 50.3 Å². The van der Waals surface area contributed by atoms with E-state index in [1.165, 1.54) is 12.1 Å². The molecule has 3 N–H and O–H groups in total. The van der Waals surface area contributed by atoms with E-state index in [9.17, 15) is 16.8 Å². The van der Waals surface area contributed by atoms with Crippen molar-refractivity contribution in [1.29, 1.82) is 0 Å². The molecule has 0 aliphatic rings. The number of aromatic nitrogens is 3. The van der Waals surface area contributed by atoms with Crippen LogP contribution in [0.2, 0.25) is 0 Å². The van der Waals surface area contributed by atoms with Crippen LogP contribution in [0.5, 0.6) is 0 Å². The van der Waals surface area contributed by atoms with Crippen LogP contribution in [0, 0.1) is 31.0 Å². The SMILES string of the molecule is Cc1cc(C)[n+](-c2ccc(S(=O)(=O)Nc3nnc(S(N)(=O)=O)s3)cc2)c(C)c1.[O-][Cl+3]([O-])([O-])[O-]. The maximum atomic E-state index is 12.5. The van der Waals surface area contributed by atoms with Crippen LogP contribution in [0.15, 0.2) is 45.6 Å². The van der Waals surface area contributed by atoms with Crippen LogP contribution in [0.3, 0.4) is 0 Å². The second-order valence-electron chi connectivity index (χ2n) is 6.55. The van der Waals surface area contributed by atoms with Crippen LogP contribution in [0.25, 0.3) is 5.69 Å². The lowest BCUT2D eigenvalue weighted by molar-refractivity contribution is -2.00. The third-order valence-electron chi connectivity index (χ3n) is 3.86. The van der Waals surface area contributed by atoms with Crippen LogP contribution in [0.1, 0.15) is 17.0 Å². The summed E-state index contributed by atoms with van der Waals surface area (Å²) in [6.45, 7) is 5.97. The summed E-state index contributed by atoms with van der Waals surface area (Å²) in [5.74, 6) is 0. The first-order chi connectivity index (χ1) is 15.0. The van der Waals surface area contributed by atoms with E-state index in [0.717, 1.165) is 22.6 Å². The van der Waals surface area contributed by atoms with Crippen LogP contribution in [-0.2, 0) is 20.0 Å². The van der Waals surface area contributed by atoms with E-state index < -0.39 is 34.6 Å². The maximum Gasteiger partial charge on any atom is 0.267 e. The number of nitrogens with zero attached hydrogens (tertiary/aromatic N) is 3. The highest BCUT2D eigenvalue weighted by Gasteiger charge is 2.22.